The first-order valence-corrected chi connectivity index (χ1v) is 3.64. The summed E-state index contributed by atoms with van der Waals surface area (Å²) in [4.78, 5) is 0. The van der Waals surface area contributed by atoms with Gasteiger partial charge in [0.1, 0.15) is 18.3 Å². The van der Waals surface area contributed by atoms with Crippen molar-refractivity contribution in [1.82, 2.24) is 0 Å². The Morgan fingerprint density at radius 1 is 1.15 bits per heavy atom. The molecule has 0 aromatic rings. The molecule has 6 nitrogen and oxygen atoms in total. The van der Waals surface area contributed by atoms with E-state index in [1.54, 1.807) is 0 Å². The predicted octanol–water partition coefficient (Wildman–Crippen LogP) is -4.17. The van der Waals surface area contributed by atoms with Gasteiger partial charge in [-0.05, 0) is 0 Å². The molecule has 0 unspecified atom stereocenters. The van der Waals surface area contributed by atoms with E-state index in [0.29, 0.717) is 0 Å². The zero-order valence-electron chi connectivity index (χ0n) is 7.08. The number of hydrogen-bond donors (Lipinski definition) is 5. The molecular weight excluding hydrogens is 373 g/mol. The van der Waals surface area contributed by atoms with Gasteiger partial charge in [-0.3, -0.25) is 0 Å². The summed E-state index contributed by atoms with van der Waals surface area (Å²) in [5.74, 6) is 0. The number of ether oxygens (including phenoxy) is 1. The van der Waals surface area contributed by atoms with Gasteiger partial charge in [0.15, 0.2) is 6.29 Å². The Kier molecular flexibility index (Phi) is 5.83. The van der Waals surface area contributed by atoms with Gasteiger partial charge in [0.2, 0.25) is 0 Å². The molecule has 1 saturated heterocycles. The second-order valence-electron chi connectivity index (χ2n) is 2.81. The third-order valence-electron chi connectivity index (χ3n) is 1.95. The van der Waals surface area contributed by atoms with E-state index in [1.807, 2.05) is 0 Å². The Labute approximate surface area is 95.5 Å². The first-order chi connectivity index (χ1) is 5.57. The Balaban J connectivity index is 0.00000144. The summed E-state index contributed by atoms with van der Waals surface area (Å²) in [6, 6.07) is -1.04. The second kappa shape index (κ2) is 5.54. The molecule has 0 spiro atoms. The molecule has 5 atom stereocenters. The van der Waals surface area contributed by atoms with E-state index in [2.05, 4.69) is 0 Å². The van der Waals surface area contributed by atoms with Crippen LogP contribution in [0.15, 0.2) is 0 Å². The molecule has 2 radical (unpaired) electrons. The van der Waals surface area contributed by atoms with Gasteiger partial charge in [0.25, 0.3) is 0 Å². The van der Waals surface area contributed by atoms with E-state index < -0.39 is 37.3 Å². The Morgan fingerprint density at radius 3 is 2.15 bits per heavy atom. The fraction of sp³-hybridized carbons (Fsp3) is 1.00. The van der Waals surface area contributed by atoms with Gasteiger partial charge in [-0.25, -0.2) is 0 Å². The van der Waals surface area contributed by atoms with Crippen LogP contribution in [0.1, 0.15) is 0 Å². The van der Waals surface area contributed by atoms with Crippen LogP contribution in [0.3, 0.4) is 0 Å². The summed E-state index contributed by atoms with van der Waals surface area (Å²) in [6.45, 7) is -0.470. The summed E-state index contributed by atoms with van der Waals surface area (Å²) < 4.78 is 4.70. The van der Waals surface area contributed by atoms with Crippen molar-refractivity contribution in [3.8, 4) is 0 Å². The fourth-order valence-corrected chi connectivity index (χ4v) is 1.12. The molecular formula is C6H15NO5Pb. The third-order valence-corrected chi connectivity index (χ3v) is 1.95. The molecule has 0 bridgehead atoms. The Morgan fingerprint density at radius 2 is 1.69 bits per heavy atom. The van der Waals surface area contributed by atoms with Gasteiger partial charge in [-0.2, -0.15) is 0 Å². The Bertz CT molecular complexity index is 155. The number of rotatable bonds is 1. The molecule has 6 N–H and O–H groups in total. The minimum atomic E-state index is -1.35. The topological polar surface area (TPSA) is 116 Å². The van der Waals surface area contributed by atoms with E-state index >= 15 is 0 Å². The number of nitrogens with two attached hydrogens (primary N) is 1. The number of hydrogen-bond acceptors (Lipinski definition) is 6. The summed E-state index contributed by atoms with van der Waals surface area (Å²) in [5, 5.41) is 36.1. The van der Waals surface area contributed by atoms with Gasteiger partial charge in [0, 0.05) is 0 Å². The van der Waals surface area contributed by atoms with Gasteiger partial charge >= 0.3 is 27.3 Å². The maximum atomic E-state index is 9.20. The standard InChI is InChI=1S/C6H13NO5.Pb.2H/c7-3-5(10)4(9)2(1-8)12-6(3)11;;;/h2-6,8-11H,1,7H2;;;/t2-,3-,4-,5-,6-;;;/m1.../s1. The fourth-order valence-electron chi connectivity index (χ4n) is 1.12. The van der Waals surface area contributed by atoms with Crippen LogP contribution in [-0.2, 0) is 4.74 Å². The van der Waals surface area contributed by atoms with Crippen molar-refractivity contribution in [2.75, 3.05) is 6.61 Å². The van der Waals surface area contributed by atoms with Crippen molar-refractivity contribution in [3.63, 3.8) is 0 Å². The van der Waals surface area contributed by atoms with E-state index in [0.717, 1.165) is 0 Å². The molecule has 78 valence electrons. The quantitative estimate of drug-likeness (QED) is 0.291. The first kappa shape index (κ1) is 13.7. The summed E-state index contributed by atoms with van der Waals surface area (Å²) in [6.07, 6.45) is -4.85. The van der Waals surface area contributed by atoms with Crippen molar-refractivity contribution < 1.29 is 25.2 Å². The monoisotopic (exact) mass is 389 g/mol. The van der Waals surface area contributed by atoms with Gasteiger partial charge in [-0.1, -0.05) is 0 Å². The van der Waals surface area contributed by atoms with E-state index in [9.17, 15) is 10.2 Å². The van der Waals surface area contributed by atoms with Crippen LogP contribution in [-0.4, -0.2) is 85.0 Å². The molecule has 0 aliphatic carbocycles. The first-order valence-electron chi connectivity index (χ1n) is 3.64. The molecule has 1 fully saturated rings. The zero-order chi connectivity index (χ0) is 9.30. The molecule has 13 heavy (non-hydrogen) atoms. The molecule has 1 aliphatic rings. The SMILES string of the molecule is N[C@@H]1[C@@H](O)[C@H](O)[C@@H](CO)O[C@H]1O.[PbH2]. The van der Waals surface area contributed by atoms with Gasteiger partial charge in [-0.15, -0.1) is 0 Å². The van der Waals surface area contributed by atoms with Crippen molar-refractivity contribution in [2.24, 2.45) is 5.73 Å². The van der Waals surface area contributed by atoms with Crippen LogP contribution >= 0.6 is 0 Å². The van der Waals surface area contributed by atoms with Crippen molar-refractivity contribution >= 4 is 27.3 Å². The predicted molar refractivity (Wildman–Crippen MR) is 46.5 cm³/mol. The molecule has 0 amide bonds. The summed E-state index contributed by atoms with van der Waals surface area (Å²) in [5.41, 5.74) is 5.26. The average molecular weight is 388 g/mol. The number of aliphatic hydroxyl groups is 4. The van der Waals surface area contributed by atoms with Crippen molar-refractivity contribution in [3.05, 3.63) is 0 Å². The zero-order valence-corrected chi connectivity index (χ0v) is 12.6. The normalized spacial score (nSPS) is 45.5. The second-order valence-corrected chi connectivity index (χ2v) is 2.81. The van der Waals surface area contributed by atoms with Crippen molar-refractivity contribution in [2.45, 2.75) is 30.6 Å². The Hall–Kier alpha value is 0.682. The van der Waals surface area contributed by atoms with Crippen LogP contribution < -0.4 is 5.73 Å². The molecule has 0 aromatic carbocycles. The molecule has 1 aliphatic heterocycles. The summed E-state index contributed by atoms with van der Waals surface area (Å²) >= 11 is 0. The molecule has 0 saturated carbocycles. The average Bonchev–Trinajstić information content (AvgIpc) is 2.08. The molecule has 0 aromatic heterocycles. The van der Waals surface area contributed by atoms with Crippen molar-refractivity contribution in [1.29, 1.82) is 0 Å². The van der Waals surface area contributed by atoms with Gasteiger partial charge < -0.3 is 30.9 Å². The van der Waals surface area contributed by atoms with Crippen LogP contribution in [0.2, 0.25) is 0 Å². The number of aliphatic hydroxyl groups excluding tert-OH is 4. The van der Waals surface area contributed by atoms with Crippen LogP contribution in [0.4, 0.5) is 0 Å². The van der Waals surface area contributed by atoms with Crippen LogP contribution in [0, 0.1) is 0 Å². The summed E-state index contributed by atoms with van der Waals surface area (Å²) in [7, 11) is 0. The van der Waals surface area contributed by atoms with E-state index in [4.69, 9.17) is 20.7 Å². The van der Waals surface area contributed by atoms with Gasteiger partial charge in [0.05, 0.1) is 12.6 Å². The minimum absolute atomic E-state index is 0. The molecule has 1 rings (SSSR count). The van der Waals surface area contributed by atoms with E-state index in [-0.39, 0.29) is 27.3 Å². The van der Waals surface area contributed by atoms with E-state index in [1.165, 1.54) is 0 Å². The maximum absolute atomic E-state index is 9.20. The molecule has 1 heterocycles. The molecule has 7 heteroatoms. The van der Waals surface area contributed by atoms with Crippen LogP contribution in [0.25, 0.3) is 0 Å². The third kappa shape index (κ3) is 2.81. The van der Waals surface area contributed by atoms with Crippen LogP contribution in [0.5, 0.6) is 0 Å².